The van der Waals surface area contributed by atoms with Crippen molar-refractivity contribution in [1.82, 2.24) is 14.8 Å². The van der Waals surface area contributed by atoms with Crippen molar-refractivity contribution >= 4 is 16.7 Å². The first-order valence-corrected chi connectivity index (χ1v) is 6.86. The number of hydrogen-bond donors (Lipinski definition) is 0. The zero-order valence-electron chi connectivity index (χ0n) is 11.0. The summed E-state index contributed by atoms with van der Waals surface area (Å²) in [5.41, 5.74) is 2.68. The Balaban J connectivity index is 1.98. The van der Waals surface area contributed by atoms with E-state index < -0.39 is 0 Å². The minimum absolute atomic E-state index is 0.700. The fraction of sp³-hybridized carbons (Fsp3) is 0.462. The lowest BCUT2D eigenvalue weighted by Gasteiger charge is -2.14. The number of rotatable bonds is 5. The van der Waals surface area contributed by atoms with Gasteiger partial charge in [0.05, 0.1) is 0 Å². The number of anilines is 1. The molecular weight excluding hydrogens is 244 g/mol. The second-order valence-corrected chi connectivity index (χ2v) is 5.63. The van der Waals surface area contributed by atoms with Gasteiger partial charge in [-0.1, -0.05) is 47.7 Å². The summed E-state index contributed by atoms with van der Waals surface area (Å²) in [5, 5.41) is 8.41. The van der Waals surface area contributed by atoms with Gasteiger partial charge in [-0.3, -0.25) is 0 Å². The highest BCUT2D eigenvalue weighted by molar-refractivity contribution is 7.09. The summed E-state index contributed by atoms with van der Waals surface area (Å²) in [6, 6.07) is 8.79. The van der Waals surface area contributed by atoms with Crippen LogP contribution in [0.5, 0.6) is 0 Å². The molecule has 4 nitrogen and oxygen atoms in total. The van der Waals surface area contributed by atoms with E-state index in [9.17, 15) is 0 Å². The number of hydrogen-bond acceptors (Lipinski definition) is 5. The van der Waals surface area contributed by atoms with E-state index in [2.05, 4.69) is 57.8 Å². The van der Waals surface area contributed by atoms with Crippen LogP contribution >= 0.6 is 11.5 Å². The summed E-state index contributed by atoms with van der Waals surface area (Å²) in [6.45, 7) is 5.31. The lowest BCUT2D eigenvalue weighted by atomic mass is 10.0. The lowest BCUT2D eigenvalue weighted by molar-refractivity contribution is 0.647. The number of aromatic nitrogens is 3. The Labute approximate surface area is 112 Å². The molecule has 96 valence electrons. The Morgan fingerprint density at radius 3 is 2.39 bits per heavy atom. The molecule has 0 atom stereocenters. The molecule has 18 heavy (non-hydrogen) atoms. The molecule has 0 fully saturated rings. The molecule has 1 heterocycles. The van der Waals surface area contributed by atoms with Crippen molar-refractivity contribution in [3.63, 3.8) is 0 Å². The van der Waals surface area contributed by atoms with Crippen molar-refractivity contribution < 1.29 is 0 Å². The van der Waals surface area contributed by atoms with Gasteiger partial charge in [-0.05, 0) is 28.7 Å². The van der Waals surface area contributed by atoms with E-state index in [4.69, 9.17) is 0 Å². The van der Waals surface area contributed by atoms with Crippen molar-refractivity contribution in [3.8, 4) is 0 Å². The van der Waals surface area contributed by atoms with Crippen LogP contribution in [-0.4, -0.2) is 21.8 Å². The quantitative estimate of drug-likeness (QED) is 0.831. The molecular formula is C13H18N4S. The first kappa shape index (κ1) is 13.0. The molecule has 2 rings (SSSR count). The Hall–Kier alpha value is -1.49. The molecule has 0 spiro atoms. The van der Waals surface area contributed by atoms with E-state index in [1.807, 2.05) is 7.05 Å². The third-order valence-corrected chi connectivity index (χ3v) is 3.41. The molecule has 0 aliphatic heterocycles. The van der Waals surface area contributed by atoms with Crippen molar-refractivity contribution in [2.45, 2.75) is 26.8 Å². The average Bonchev–Trinajstić information content (AvgIpc) is 2.84. The van der Waals surface area contributed by atoms with E-state index in [-0.39, 0.29) is 0 Å². The Morgan fingerprint density at radius 2 is 1.83 bits per heavy atom. The summed E-state index contributed by atoms with van der Waals surface area (Å²) in [6.07, 6.45) is 1.14. The van der Waals surface area contributed by atoms with Crippen LogP contribution in [0.2, 0.25) is 0 Å². The Kier molecular flexibility index (Phi) is 4.25. The van der Waals surface area contributed by atoms with Crippen LogP contribution in [0.3, 0.4) is 0 Å². The lowest BCUT2D eigenvalue weighted by Crippen LogP contribution is -2.16. The maximum atomic E-state index is 3.95. The van der Waals surface area contributed by atoms with Gasteiger partial charge in [0.25, 0.3) is 0 Å². The molecule has 5 heteroatoms. The monoisotopic (exact) mass is 262 g/mol. The maximum absolute atomic E-state index is 3.95. The van der Waals surface area contributed by atoms with Crippen molar-refractivity contribution in [2.24, 2.45) is 5.92 Å². The summed E-state index contributed by atoms with van der Waals surface area (Å²) in [7, 11) is 2.00. The highest BCUT2D eigenvalue weighted by Crippen LogP contribution is 2.16. The second kappa shape index (κ2) is 5.91. The van der Waals surface area contributed by atoms with E-state index in [1.54, 1.807) is 0 Å². The van der Waals surface area contributed by atoms with Gasteiger partial charge in [0.2, 0.25) is 5.13 Å². The molecule has 0 bridgehead atoms. The predicted octanol–water partition coefficient (Wildman–Crippen LogP) is 2.77. The fourth-order valence-electron chi connectivity index (χ4n) is 1.87. The van der Waals surface area contributed by atoms with Gasteiger partial charge >= 0.3 is 0 Å². The van der Waals surface area contributed by atoms with Gasteiger partial charge in [0, 0.05) is 25.1 Å². The summed E-state index contributed by atoms with van der Waals surface area (Å²) < 4.78 is 3.77. The highest BCUT2D eigenvalue weighted by Gasteiger charge is 2.06. The fourth-order valence-corrected chi connectivity index (χ4v) is 2.29. The van der Waals surface area contributed by atoms with Crippen LogP contribution in [0.4, 0.5) is 5.13 Å². The molecule has 0 saturated heterocycles. The average molecular weight is 262 g/mol. The van der Waals surface area contributed by atoms with Gasteiger partial charge in [0.1, 0.15) is 0 Å². The molecule has 0 radical (unpaired) electrons. The van der Waals surface area contributed by atoms with Gasteiger partial charge in [-0.15, -0.1) is 0 Å². The van der Waals surface area contributed by atoms with Gasteiger partial charge in [-0.25, -0.2) is 0 Å². The van der Waals surface area contributed by atoms with E-state index in [0.717, 1.165) is 18.1 Å². The Morgan fingerprint density at radius 1 is 1.17 bits per heavy atom. The molecule has 0 aliphatic carbocycles. The van der Waals surface area contributed by atoms with Crippen LogP contribution in [0.15, 0.2) is 24.3 Å². The molecule has 0 aliphatic rings. The maximum Gasteiger partial charge on any atom is 0.227 e. The van der Waals surface area contributed by atoms with Crippen molar-refractivity contribution in [3.05, 3.63) is 35.4 Å². The molecule has 1 aromatic carbocycles. The molecule has 1 aromatic heterocycles. The number of nitrogens with zero attached hydrogens (tertiary/aromatic N) is 4. The molecule has 0 unspecified atom stereocenters. The topological polar surface area (TPSA) is 41.9 Å². The van der Waals surface area contributed by atoms with Gasteiger partial charge in [0.15, 0.2) is 0 Å². The normalized spacial score (nSPS) is 10.9. The minimum atomic E-state index is 0.700. The van der Waals surface area contributed by atoms with Crippen LogP contribution in [0.25, 0.3) is 0 Å². The largest absolute Gasteiger partial charge is 0.344 e. The SMILES string of the molecule is CC(C)Cc1ccc(CN(C)c2nnns2)cc1. The highest BCUT2D eigenvalue weighted by atomic mass is 32.1. The standard InChI is InChI=1S/C13H18N4S/c1-10(2)8-11-4-6-12(7-5-11)9-17(3)13-14-15-16-18-13/h4-7,10H,8-9H2,1-3H3. The minimum Gasteiger partial charge on any atom is -0.344 e. The molecule has 0 amide bonds. The van der Waals surface area contributed by atoms with Crippen LogP contribution < -0.4 is 4.90 Å². The van der Waals surface area contributed by atoms with Crippen LogP contribution in [-0.2, 0) is 13.0 Å². The predicted molar refractivity (Wildman–Crippen MR) is 74.8 cm³/mol. The zero-order valence-corrected chi connectivity index (χ0v) is 11.8. The first-order valence-electron chi connectivity index (χ1n) is 6.09. The summed E-state index contributed by atoms with van der Waals surface area (Å²) in [5.74, 6) is 0.700. The molecule has 2 aromatic rings. The van der Waals surface area contributed by atoms with E-state index in [1.165, 1.54) is 22.7 Å². The molecule has 0 saturated carbocycles. The smallest absolute Gasteiger partial charge is 0.227 e. The summed E-state index contributed by atoms with van der Waals surface area (Å²) in [4.78, 5) is 2.06. The second-order valence-electron chi connectivity index (χ2n) is 4.92. The van der Waals surface area contributed by atoms with Gasteiger partial charge in [-0.2, -0.15) is 0 Å². The third kappa shape index (κ3) is 3.50. The summed E-state index contributed by atoms with van der Waals surface area (Å²) >= 11 is 1.32. The third-order valence-electron chi connectivity index (χ3n) is 2.70. The van der Waals surface area contributed by atoms with Crippen LogP contribution in [0.1, 0.15) is 25.0 Å². The zero-order chi connectivity index (χ0) is 13.0. The molecule has 0 N–H and O–H groups in total. The van der Waals surface area contributed by atoms with Gasteiger partial charge < -0.3 is 4.90 Å². The van der Waals surface area contributed by atoms with Crippen molar-refractivity contribution in [2.75, 3.05) is 11.9 Å². The first-order chi connectivity index (χ1) is 8.65. The Bertz CT molecular complexity index is 464. The van der Waals surface area contributed by atoms with E-state index >= 15 is 0 Å². The number of benzene rings is 1. The van der Waals surface area contributed by atoms with Crippen molar-refractivity contribution in [1.29, 1.82) is 0 Å². The van der Waals surface area contributed by atoms with E-state index in [0.29, 0.717) is 5.92 Å². The van der Waals surface area contributed by atoms with Crippen LogP contribution in [0, 0.1) is 5.92 Å².